The molecule has 0 bridgehead atoms. The lowest BCUT2D eigenvalue weighted by Crippen LogP contribution is -2.10. The molecular formula is C22H20N6O3. The zero-order valence-electron chi connectivity index (χ0n) is 17.0. The predicted octanol–water partition coefficient (Wildman–Crippen LogP) is 3.58. The Morgan fingerprint density at radius 2 is 2.06 bits per heavy atom. The van der Waals surface area contributed by atoms with Crippen molar-refractivity contribution in [3.63, 3.8) is 0 Å². The van der Waals surface area contributed by atoms with Crippen LogP contribution in [-0.2, 0) is 4.79 Å². The van der Waals surface area contributed by atoms with Crippen molar-refractivity contribution in [3.8, 4) is 11.5 Å². The lowest BCUT2D eigenvalue weighted by atomic mass is 10.2. The van der Waals surface area contributed by atoms with Crippen molar-refractivity contribution in [2.24, 2.45) is 11.0 Å². The Balaban J connectivity index is 1.31. The number of hydrogen-bond donors (Lipinski definition) is 2. The van der Waals surface area contributed by atoms with Gasteiger partial charge in [-0.15, -0.1) is 10.2 Å². The summed E-state index contributed by atoms with van der Waals surface area (Å²) in [4.78, 5) is 19.6. The molecule has 1 saturated carbocycles. The van der Waals surface area contributed by atoms with Gasteiger partial charge in [-0.25, -0.2) is 5.43 Å². The number of hydrazone groups is 1. The van der Waals surface area contributed by atoms with Crippen molar-refractivity contribution in [2.45, 2.75) is 19.8 Å². The summed E-state index contributed by atoms with van der Waals surface area (Å²) in [5, 5.41) is 13.5. The van der Waals surface area contributed by atoms with E-state index in [-0.39, 0.29) is 17.8 Å². The van der Waals surface area contributed by atoms with Crippen LogP contribution in [0, 0.1) is 12.8 Å². The van der Waals surface area contributed by atoms with Crippen LogP contribution in [0.15, 0.2) is 41.5 Å². The van der Waals surface area contributed by atoms with Crippen molar-refractivity contribution in [3.05, 3.63) is 47.5 Å². The number of hydrogen-bond acceptors (Lipinski definition) is 8. The first-order valence-corrected chi connectivity index (χ1v) is 9.92. The van der Waals surface area contributed by atoms with Gasteiger partial charge in [0.1, 0.15) is 5.52 Å². The normalized spacial score (nSPS) is 13.7. The molecule has 0 spiro atoms. The van der Waals surface area contributed by atoms with Gasteiger partial charge >= 0.3 is 5.97 Å². The molecule has 1 aliphatic carbocycles. The molecule has 1 aliphatic rings. The number of aromatic nitrogens is 4. The molecule has 9 nitrogen and oxygen atoms in total. The van der Waals surface area contributed by atoms with E-state index in [0.717, 1.165) is 34.9 Å². The largest absolute Gasteiger partial charge is 0.493 e. The number of esters is 1. The fourth-order valence-corrected chi connectivity index (χ4v) is 3.26. The number of fused-ring (bicyclic) bond motifs is 3. The molecule has 0 radical (unpaired) electrons. The summed E-state index contributed by atoms with van der Waals surface area (Å²) >= 11 is 0. The van der Waals surface area contributed by atoms with Gasteiger partial charge in [-0.1, -0.05) is 11.6 Å². The molecule has 0 amide bonds. The molecular weight excluding hydrogens is 396 g/mol. The summed E-state index contributed by atoms with van der Waals surface area (Å²) < 4.78 is 10.7. The molecule has 2 aromatic carbocycles. The maximum atomic E-state index is 11.9. The Labute approximate surface area is 177 Å². The Morgan fingerprint density at radius 1 is 1.19 bits per heavy atom. The molecule has 0 atom stereocenters. The van der Waals surface area contributed by atoms with E-state index in [0.29, 0.717) is 22.7 Å². The molecule has 2 aromatic heterocycles. The van der Waals surface area contributed by atoms with Gasteiger partial charge in [0.05, 0.1) is 19.2 Å². The highest BCUT2D eigenvalue weighted by atomic mass is 16.6. The molecule has 5 rings (SSSR count). The number of aryl methyl sites for hydroxylation is 1. The molecule has 2 heterocycles. The van der Waals surface area contributed by atoms with Crippen LogP contribution in [0.25, 0.3) is 22.1 Å². The Hall–Kier alpha value is -4.01. The second-order valence-electron chi connectivity index (χ2n) is 7.48. The number of methoxy groups -OCH3 is 1. The van der Waals surface area contributed by atoms with Crippen molar-refractivity contribution in [1.29, 1.82) is 0 Å². The molecule has 156 valence electrons. The number of nitrogens with one attached hydrogen (secondary N) is 2. The average Bonchev–Trinajstić information content (AvgIpc) is 3.56. The summed E-state index contributed by atoms with van der Waals surface area (Å²) in [7, 11) is 1.53. The highest BCUT2D eigenvalue weighted by molar-refractivity contribution is 6.03. The summed E-state index contributed by atoms with van der Waals surface area (Å²) in [6.45, 7) is 2.03. The lowest BCUT2D eigenvalue weighted by Gasteiger charge is -2.09. The topological polar surface area (TPSA) is 114 Å². The number of rotatable bonds is 6. The zero-order valence-corrected chi connectivity index (χ0v) is 17.0. The molecule has 1 fully saturated rings. The number of ether oxygens (including phenoxy) is 2. The van der Waals surface area contributed by atoms with Gasteiger partial charge in [0, 0.05) is 10.9 Å². The highest BCUT2D eigenvalue weighted by Gasteiger charge is 2.32. The first kappa shape index (κ1) is 19.0. The van der Waals surface area contributed by atoms with Gasteiger partial charge in [-0.3, -0.25) is 4.79 Å². The Kier molecular flexibility index (Phi) is 4.70. The Morgan fingerprint density at radius 3 is 2.87 bits per heavy atom. The third-order valence-corrected chi connectivity index (χ3v) is 5.06. The molecule has 31 heavy (non-hydrogen) atoms. The maximum Gasteiger partial charge on any atom is 0.314 e. The van der Waals surface area contributed by atoms with E-state index in [1.807, 2.05) is 19.1 Å². The van der Waals surface area contributed by atoms with Crippen LogP contribution in [0.2, 0.25) is 0 Å². The fraction of sp³-hybridized carbons (Fsp3) is 0.227. The summed E-state index contributed by atoms with van der Waals surface area (Å²) in [6, 6.07) is 11.3. The SMILES string of the molecule is COc1cc(/C=N/Nc2nnc3c(n2)[nH]c2ccc(C)cc23)ccc1OC(=O)C1CC1. The molecule has 0 unspecified atom stereocenters. The number of benzene rings is 2. The van der Waals surface area contributed by atoms with E-state index in [9.17, 15) is 4.79 Å². The third kappa shape index (κ3) is 3.89. The minimum Gasteiger partial charge on any atom is -0.493 e. The minimum atomic E-state index is -0.214. The summed E-state index contributed by atoms with van der Waals surface area (Å²) in [5.41, 5.74) is 7.00. The van der Waals surface area contributed by atoms with E-state index >= 15 is 0 Å². The molecule has 2 N–H and O–H groups in total. The van der Waals surface area contributed by atoms with E-state index < -0.39 is 0 Å². The highest BCUT2D eigenvalue weighted by Crippen LogP contribution is 2.34. The molecule has 9 heteroatoms. The lowest BCUT2D eigenvalue weighted by molar-refractivity contribution is -0.135. The molecule has 0 saturated heterocycles. The van der Waals surface area contributed by atoms with E-state index in [1.165, 1.54) is 7.11 Å². The van der Waals surface area contributed by atoms with Crippen LogP contribution in [-0.4, -0.2) is 39.5 Å². The summed E-state index contributed by atoms with van der Waals surface area (Å²) in [6.07, 6.45) is 3.37. The first-order chi connectivity index (χ1) is 15.1. The van der Waals surface area contributed by atoms with Gasteiger partial charge in [-0.2, -0.15) is 10.1 Å². The smallest absolute Gasteiger partial charge is 0.314 e. The number of anilines is 1. The van der Waals surface area contributed by atoms with Gasteiger partial charge < -0.3 is 14.5 Å². The predicted molar refractivity (Wildman–Crippen MR) is 116 cm³/mol. The standard InChI is InChI=1S/C22H20N6O3/c1-12-3-7-16-15(9-12)19-20(24-16)25-22(28-26-19)27-23-11-13-4-8-17(18(10-13)30-2)31-21(29)14-5-6-14/h3-4,7-11,14H,5-6H2,1-2H3,(H2,24,25,27,28)/b23-11+. The van der Waals surface area contributed by atoms with Crippen molar-refractivity contribution in [1.82, 2.24) is 20.2 Å². The fourth-order valence-electron chi connectivity index (χ4n) is 3.26. The maximum absolute atomic E-state index is 11.9. The number of aromatic amines is 1. The molecule has 4 aromatic rings. The minimum absolute atomic E-state index is 0.0161. The van der Waals surface area contributed by atoms with Crippen molar-refractivity contribution in [2.75, 3.05) is 12.5 Å². The zero-order chi connectivity index (χ0) is 21.4. The Bertz CT molecular complexity index is 1330. The van der Waals surface area contributed by atoms with Crippen molar-refractivity contribution >= 4 is 40.2 Å². The van der Waals surface area contributed by atoms with Crippen LogP contribution >= 0.6 is 0 Å². The van der Waals surface area contributed by atoms with Gasteiger partial charge in [-0.05, 0) is 55.7 Å². The monoisotopic (exact) mass is 416 g/mol. The van der Waals surface area contributed by atoms with Crippen molar-refractivity contribution < 1.29 is 14.3 Å². The second kappa shape index (κ2) is 7.67. The van der Waals surface area contributed by atoms with Gasteiger partial charge in [0.2, 0.25) is 0 Å². The quantitative estimate of drug-likeness (QED) is 0.214. The van der Waals surface area contributed by atoms with E-state index in [1.54, 1.807) is 24.4 Å². The van der Waals surface area contributed by atoms with Crippen LogP contribution in [0.1, 0.15) is 24.0 Å². The average molecular weight is 416 g/mol. The number of nitrogens with zero attached hydrogens (tertiary/aromatic N) is 4. The number of carbonyl (C=O) groups excluding carboxylic acids is 1. The molecule has 0 aliphatic heterocycles. The van der Waals surface area contributed by atoms with Crippen LogP contribution in [0.3, 0.4) is 0 Å². The van der Waals surface area contributed by atoms with E-state index in [4.69, 9.17) is 9.47 Å². The van der Waals surface area contributed by atoms with Crippen LogP contribution < -0.4 is 14.9 Å². The first-order valence-electron chi connectivity index (χ1n) is 9.92. The van der Waals surface area contributed by atoms with Crippen LogP contribution in [0.4, 0.5) is 5.95 Å². The number of carbonyl (C=O) groups is 1. The van der Waals surface area contributed by atoms with Gasteiger partial charge in [0.25, 0.3) is 5.95 Å². The third-order valence-electron chi connectivity index (χ3n) is 5.06. The van der Waals surface area contributed by atoms with Gasteiger partial charge in [0.15, 0.2) is 17.1 Å². The number of H-pyrrole nitrogens is 1. The second-order valence-corrected chi connectivity index (χ2v) is 7.48. The van der Waals surface area contributed by atoms with Crippen LogP contribution in [0.5, 0.6) is 11.5 Å². The summed E-state index contributed by atoms with van der Waals surface area (Å²) in [5.74, 6) is 0.937. The van der Waals surface area contributed by atoms with E-state index in [2.05, 4.69) is 36.8 Å².